The monoisotopic (exact) mass is 860 g/mol. The van der Waals surface area contributed by atoms with Crippen LogP contribution >= 0.6 is 0 Å². The molecule has 0 radical (unpaired) electrons. The Bertz CT molecular complexity index is 3790. The summed E-state index contributed by atoms with van der Waals surface area (Å²) in [6, 6.07) is 82.4. The average molecular weight is 861 g/mol. The Morgan fingerprint density at radius 3 is 1.85 bits per heavy atom. The number of anilines is 3. The van der Waals surface area contributed by atoms with Crippen molar-refractivity contribution < 1.29 is 4.42 Å². The average Bonchev–Trinajstić information content (AvgIpc) is 3.95. The first-order valence-electron chi connectivity index (χ1n) is 23.9. The van der Waals surface area contributed by atoms with E-state index in [1.807, 2.05) is 6.07 Å². The highest BCUT2D eigenvalue weighted by molar-refractivity contribution is 6.13. The van der Waals surface area contributed by atoms with E-state index in [9.17, 15) is 0 Å². The minimum absolute atomic E-state index is 0.565. The molecule has 3 nitrogen and oxygen atoms in total. The number of hydrogen-bond acceptors (Lipinski definition) is 2. The van der Waals surface area contributed by atoms with E-state index in [0.29, 0.717) is 5.92 Å². The van der Waals surface area contributed by atoms with Gasteiger partial charge in [-0.25, -0.2) is 0 Å². The van der Waals surface area contributed by atoms with Gasteiger partial charge in [0.2, 0.25) is 0 Å². The van der Waals surface area contributed by atoms with Crippen molar-refractivity contribution in [1.29, 1.82) is 0 Å². The van der Waals surface area contributed by atoms with E-state index < -0.39 is 0 Å². The smallest absolute Gasteiger partial charge is 0.136 e. The molecule has 0 N–H and O–H groups in total. The molecule has 12 aromatic rings. The zero-order valence-corrected chi connectivity index (χ0v) is 37.3. The largest absolute Gasteiger partial charge is 0.456 e. The van der Waals surface area contributed by atoms with Crippen molar-refractivity contribution in [1.82, 2.24) is 4.57 Å². The molecular formula is C64H48N2O. The quantitative estimate of drug-likeness (QED) is 0.152. The second-order valence-corrected chi connectivity index (χ2v) is 18.2. The van der Waals surface area contributed by atoms with Crippen molar-refractivity contribution in [2.24, 2.45) is 0 Å². The molecule has 1 aliphatic rings. The van der Waals surface area contributed by atoms with Crippen LogP contribution in [0.1, 0.15) is 43.6 Å². The molecule has 1 saturated carbocycles. The van der Waals surface area contributed by atoms with Gasteiger partial charge < -0.3 is 13.9 Å². The second kappa shape index (κ2) is 16.4. The maximum atomic E-state index is 6.34. The summed E-state index contributed by atoms with van der Waals surface area (Å²) in [5, 5.41) is 7.43. The van der Waals surface area contributed by atoms with E-state index in [1.165, 1.54) is 86.9 Å². The van der Waals surface area contributed by atoms with E-state index >= 15 is 0 Å². The van der Waals surface area contributed by atoms with E-state index in [0.717, 1.165) is 61.4 Å². The number of furan rings is 1. The third-order valence-corrected chi connectivity index (χ3v) is 14.4. The molecule has 0 saturated heterocycles. The van der Waals surface area contributed by atoms with E-state index in [4.69, 9.17) is 4.42 Å². The lowest BCUT2D eigenvalue weighted by Gasteiger charge is -2.31. The second-order valence-electron chi connectivity index (χ2n) is 18.2. The zero-order chi connectivity index (χ0) is 44.3. The summed E-state index contributed by atoms with van der Waals surface area (Å²) in [5.41, 5.74) is 17.3. The van der Waals surface area contributed by atoms with Crippen LogP contribution in [0.4, 0.5) is 17.1 Å². The molecule has 67 heavy (non-hydrogen) atoms. The fourth-order valence-corrected chi connectivity index (χ4v) is 11.4. The van der Waals surface area contributed by atoms with Crippen LogP contribution in [0.3, 0.4) is 0 Å². The Kier molecular flexibility index (Phi) is 9.60. The van der Waals surface area contributed by atoms with Crippen LogP contribution in [0.15, 0.2) is 229 Å². The van der Waals surface area contributed by atoms with Crippen molar-refractivity contribution in [2.45, 2.75) is 38.0 Å². The summed E-state index contributed by atoms with van der Waals surface area (Å²) in [6.07, 6.45) is 6.42. The molecule has 0 atom stereocenters. The molecule has 10 aromatic carbocycles. The number of nitrogens with zero attached hydrogens (tertiary/aromatic N) is 2. The van der Waals surface area contributed by atoms with Gasteiger partial charge in [-0.1, -0.05) is 177 Å². The number of aromatic nitrogens is 1. The first-order valence-corrected chi connectivity index (χ1v) is 23.9. The van der Waals surface area contributed by atoms with Crippen molar-refractivity contribution >= 4 is 71.6 Å². The standard InChI is InChI=1S/C64H48N2O/c1-3-18-43(19-4-1)50-28-15-20-45-21-16-30-54(63(45)50)52-25-8-12-32-58(52)66(48-39-36-44(37-40-48)51-29-17-35-62-64(51)55-27-10-14-34-61(55)67-62)57-31-11-7-24-49(57)46-38-41-60-56(42-46)53-26-9-13-33-59(53)65(60)47-22-5-2-6-23-47/h2,5-17,20-43H,1,3-4,18-19H2. The molecule has 13 rings (SSSR count). The molecule has 0 amide bonds. The number of para-hydroxylation sites is 5. The highest BCUT2D eigenvalue weighted by Gasteiger charge is 2.25. The van der Waals surface area contributed by atoms with E-state index in [1.54, 1.807) is 0 Å². The summed E-state index contributed by atoms with van der Waals surface area (Å²) < 4.78 is 8.74. The maximum Gasteiger partial charge on any atom is 0.136 e. The van der Waals surface area contributed by atoms with Gasteiger partial charge >= 0.3 is 0 Å². The molecule has 0 bridgehead atoms. The molecule has 0 spiro atoms. The molecule has 0 unspecified atom stereocenters. The molecule has 320 valence electrons. The summed E-state index contributed by atoms with van der Waals surface area (Å²) in [7, 11) is 0. The Balaban J connectivity index is 1.02. The van der Waals surface area contributed by atoms with Crippen LogP contribution in [-0.2, 0) is 0 Å². The summed E-state index contributed by atoms with van der Waals surface area (Å²) >= 11 is 0. The Hall–Kier alpha value is -8.14. The Morgan fingerprint density at radius 1 is 0.403 bits per heavy atom. The van der Waals surface area contributed by atoms with Crippen molar-refractivity contribution in [2.75, 3.05) is 4.90 Å². The fraction of sp³-hybridized carbons (Fsp3) is 0.0938. The lowest BCUT2D eigenvalue weighted by atomic mass is 9.80. The molecule has 2 heterocycles. The highest BCUT2D eigenvalue weighted by atomic mass is 16.3. The number of hydrogen-bond donors (Lipinski definition) is 0. The highest BCUT2D eigenvalue weighted by Crippen LogP contribution is 2.49. The van der Waals surface area contributed by atoms with Gasteiger partial charge in [-0.2, -0.15) is 0 Å². The fourth-order valence-electron chi connectivity index (χ4n) is 11.4. The van der Waals surface area contributed by atoms with E-state index in [-0.39, 0.29) is 0 Å². The first kappa shape index (κ1) is 39.2. The maximum absolute atomic E-state index is 6.34. The number of fused-ring (bicyclic) bond motifs is 7. The lowest BCUT2D eigenvalue weighted by Crippen LogP contribution is -2.12. The molecule has 2 aromatic heterocycles. The zero-order valence-electron chi connectivity index (χ0n) is 37.3. The minimum atomic E-state index is 0.565. The predicted octanol–water partition coefficient (Wildman–Crippen LogP) is 18.4. The van der Waals surface area contributed by atoms with Gasteiger partial charge in [0, 0.05) is 44.0 Å². The van der Waals surface area contributed by atoms with Crippen LogP contribution in [0.5, 0.6) is 0 Å². The summed E-state index contributed by atoms with van der Waals surface area (Å²) in [4.78, 5) is 2.50. The summed E-state index contributed by atoms with van der Waals surface area (Å²) in [6.45, 7) is 0. The normalized spacial score (nSPS) is 13.3. The molecule has 1 aliphatic carbocycles. The molecule has 1 fully saturated rings. The number of rotatable bonds is 8. The van der Waals surface area contributed by atoms with Crippen LogP contribution in [0.2, 0.25) is 0 Å². The van der Waals surface area contributed by atoms with Gasteiger partial charge in [-0.05, 0) is 124 Å². The lowest BCUT2D eigenvalue weighted by molar-refractivity contribution is 0.445. The van der Waals surface area contributed by atoms with Gasteiger partial charge in [0.15, 0.2) is 0 Å². The SMILES string of the molecule is c1ccc(-n2c3ccccc3c3cc(-c4ccccc4N(c4ccc(-c5cccc6oc7ccccc7c56)cc4)c4ccccc4-c4cccc5cccc(C6CCCCC6)c45)ccc32)cc1. The van der Waals surface area contributed by atoms with Crippen molar-refractivity contribution in [3.8, 4) is 39.1 Å². The van der Waals surface area contributed by atoms with Gasteiger partial charge in [-0.3, -0.25) is 0 Å². The predicted molar refractivity (Wildman–Crippen MR) is 282 cm³/mol. The molecule has 3 heteroatoms. The summed E-state index contributed by atoms with van der Waals surface area (Å²) in [5.74, 6) is 0.565. The topological polar surface area (TPSA) is 21.3 Å². The third kappa shape index (κ3) is 6.64. The molecule has 0 aliphatic heterocycles. The third-order valence-electron chi connectivity index (χ3n) is 14.4. The Morgan fingerprint density at radius 2 is 1.01 bits per heavy atom. The van der Waals surface area contributed by atoms with Gasteiger partial charge in [0.1, 0.15) is 11.2 Å². The van der Waals surface area contributed by atoms with Crippen LogP contribution in [0.25, 0.3) is 93.6 Å². The number of benzene rings is 10. The van der Waals surface area contributed by atoms with Crippen LogP contribution in [-0.4, -0.2) is 4.57 Å². The van der Waals surface area contributed by atoms with Gasteiger partial charge in [0.05, 0.1) is 22.4 Å². The van der Waals surface area contributed by atoms with Gasteiger partial charge in [0.25, 0.3) is 0 Å². The minimum Gasteiger partial charge on any atom is -0.456 e. The van der Waals surface area contributed by atoms with Crippen molar-refractivity contribution in [3.05, 3.63) is 230 Å². The Labute approximate surface area is 390 Å². The van der Waals surface area contributed by atoms with Crippen LogP contribution < -0.4 is 4.90 Å². The molecular weight excluding hydrogens is 813 g/mol. The van der Waals surface area contributed by atoms with Crippen LogP contribution in [0, 0.1) is 0 Å². The first-order chi connectivity index (χ1) is 33.3. The van der Waals surface area contributed by atoms with Crippen molar-refractivity contribution in [3.63, 3.8) is 0 Å². The van der Waals surface area contributed by atoms with E-state index in [2.05, 4.69) is 228 Å². The van der Waals surface area contributed by atoms with Gasteiger partial charge in [-0.15, -0.1) is 0 Å².